The van der Waals surface area contributed by atoms with Gasteiger partial charge in [0.05, 0.1) is 5.69 Å². The van der Waals surface area contributed by atoms with Crippen molar-refractivity contribution in [3.05, 3.63) is 59.5 Å². The van der Waals surface area contributed by atoms with Crippen LogP contribution in [-0.2, 0) is 0 Å². The molecule has 132 valence electrons. The Morgan fingerprint density at radius 3 is 2.42 bits per heavy atom. The molecular weight excluding hydrogens is 326 g/mol. The summed E-state index contributed by atoms with van der Waals surface area (Å²) in [6.07, 6.45) is 5.53. The number of nitrogens with zero attached hydrogens (tertiary/aromatic N) is 5. The maximum Gasteiger partial charge on any atom is 0.276 e. The summed E-state index contributed by atoms with van der Waals surface area (Å²) < 4.78 is 1.76. The molecule has 1 saturated heterocycles. The lowest BCUT2D eigenvalue weighted by Crippen LogP contribution is -2.28. The summed E-state index contributed by atoms with van der Waals surface area (Å²) >= 11 is 0. The van der Waals surface area contributed by atoms with E-state index in [4.69, 9.17) is 0 Å². The minimum absolute atomic E-state index is 0.0515. The van der Waals surface area contributed by atoms with Crippen LogP contribution >= 0.6 is 0 Å². The van der Waals surface area contributed by atoms with Gasteiger partial charge in [-0.25, -0.2) is 4.68 Å². The van der Waals surface area contributed by atoms with Crippen molar-refractivity contribution in [1.29, 1.82) is 0 Å². The third-order valence-electron chi connectivity index (χ3n) is 4.95. The number of pyridine rings is 1. The molecule has 26 heavy (non-hydrogen) atoms. The number of hydrogen-bond donors (Lipinski definition) is 0. The van der Waals surface area contributed by atoms with E-state index in [1.807, 2.05) is 23.1 Å². The molecule has 2 aromatic heterocycles. The summed E-state index contributed by atoms with van der Waals surface area (Å²) in [6, 6.07) is 9.91. The van der Waals surface area contributed by atoms with Crippen molar-refractivity contribution < 1.29 is 4.79 Å². The normalized spacial score (nSPS) is 14.0. The van der Waals surface area contributed by atoms with Gasteiger partial charge in [-0.2, -0.15) is 0 Å². The van der Waals surface area contributed by atoms with Crippen LogP contribution in [-0.4, -0.2) is 43.9 Å². The van der Waals surface area contributed by atoms with Gasteiger partial charge in [0.15, 0.2) is 5.69 Å². The van der Waals surface area contributed by atoms with Gasteiger partial charge in [0.2, 0.25) is 0 Å². The Labute approximate surface area is 152 Å². The number of rotatable bonds is 3. The zero-order valence-corrected chi connectivity index (χ0v) is 15.0. The van der Waals surface area contributed by atoms with Gasteiger partial charge in [-0.3, -0.25) is 9.78 Å². The standard InChI is InChI=1S/C20H21N5O/c1-14-5-6-17(13-15(14)2)25-19(16-7-9-21-10-8-16)18(22-23-25)20(26)24-11-3-4-12-24/h5-10,13H,3-4,11-12H2,1-2H3. The molecule has 1 aliphatic rings. The highest BCUT2D eigenvalue weighted by Crippen LogP contribution is 2.27. The molecule has 6 heteroatoms. The smallest absolute Gasteiger partial charge is 0.276 e. The van der Waals surface area contributed by atoms with Gasteiger partial charge in [0, 0.05) is 31.0 Å². The first-order valence-corrected chi connectivity index (χ1v) is 8.88. The monoisotopic (exact) mass is 347 g/mol. The van der Waals surface area contributed by atoms with Crippen LogP contribution in [0.4, 0.5) is 0 Å². The first kappa shape index (κ1) is 16.4. The van der Waals surface area contributed by atoms with E-state index in [0.717, 1.165) is 37.2 Å². The highest BCUT2D eigenvalue weighted by Gasteiger charge is 2.27. The van der Waals surface area contributed by atoms with E-state index in [1.165, 1.54) is 11.1 Å². The third-order valence-corrected chi connectivity index (χ3v) is 4.95. The number of aromatic nitrogens is 4. The zero-order valence-electron chi connectivity index (χ0n) is 15.0. The van der Waals surface area contributed by atoms with Crippen molar-refractivity contribution in [3.63, 3.8) is 0 Å². The molecule has 1 fully saturated rings. The SMILES string of the molecule is Cc1ccc(-n2nnc(C(=O)N3CCCC3)c2-c2ccncc2)cc1C. The van der Waals surface area contributed by atoms with E-state index in [9.17, 15) is 4.79 Å². The van der Waals surface area contributed by atoms with Crippen LogP contribution in [0.25, 0.3) is 16.9 Å². The molecule has 0 unspecified atom stereocenters. The number of hydrogen-bond acceptors (Lipinski definition) is 4. The van der Waals surface area contributed by atoms with Crippen molar-refractivity contribution in [3.8, 4) is 16.9 Å². The van der Waals surface area contributed by atoms with Gasteiger partial charge in [0.1, 0.15) is 5.69 Å². The Balaban J connectivity index is 1.86. The molecular formula is C20H21N5O. The van der Waals surface area contributed by atoms with Gasteiger partial charge < -0.3 is 4.90 Å². The Morgan fingerprint density at radius 2 is 1.73 bits per heavy atom. The molecule has 6 nitrogen and oxygen atoms in total. The highest BCUT2D eigenvalue weighted by atomic mass is 16.2. The minimum Gasteiger partial charge on any atom is -0.337 e. The lowest BCUT2D eigenvalue weighted by molar-refractivity contribution is 0.0787. The molecule has 0 aliphatic carbocycles. The van der Waals surface area contributed by atoms with E-state index < -0.39 is 0 Å². The molecule has 3 aromatic rings. The second-order valence-electron chi connectivity index (χ2n) is 6.70. The number of carbonyl (C=O) groups is 1. The number of benzene rings is 1. The van der Waals surface area contributed by atoms with Gasteiger partial charge in [-0.05, 0) is 62.1 Å². The van der Waals surface area contributed by atoms with Crippen molar-refractivity contribution in [2.75, 3.05) is 13.1 Å². The summed E-state index contributed by atoms with van der Waals surface area (Å²) in [5.74, 6) is -0.0515. The second-order valence-corrected chi connectivity index (χ2v) is 6.70. The highest BCUT2D eigenvalue weighted by molar-refractivity contribution is 5.98. The average molecular weight is 347 g/mol. The van der Waals surface area contributed by atoms with Crippen molar-refractivity contribution in [1.82, 2.24) is 24.9 Å². The Kier molecular flexibility index (Phi) is 4.24. The van der Waals surface area contributed by atoms with E-state index in [2.05, 4.69) is 41.3 Å². The topological polar surface area (TPSA) is 63.9 Å². The Morgan fingerprint density at radius 1 is 1.00 bits per heavy atom. The molecule has 0 bridgehead atoms. The number of carbonyl (C=O) groups excluding carboxylic acids is 1. The summed E-state index contributed by atoms with van der Waals surface area (Å²) in [5, 5.41) is 8.59. The molecule has 3 heterocycles. The number of likely N-dealkylation sites (tertiary alicyclic amines) is 1. The van der Waals surface area contributed by atoms with E-state index in [1.54, 1.807) is 17.1 Å². The molecule has 0 atom stereocenters. The van der Waals surface area contributed by atoms with Gasteiger partial charge in [-0.1, -0.05) is 11.3 Å². The average Bonchev–Trinajstić information content (AvgIpc) is 3.34. The predicted octanol–water partition coefficient (Wildman–Crippen LogP) is 3.18. The molecule has 4 rings (SSSR count). The molecule has 0 radical (unpaired) electrons. The van der Waals surface area contributed by atoms with Crippen molar-refractivity contribution in [2.45, 2.75) is 26.7 Å². The van der Waals surface area contributed by atoms with E-state index >= 15 is 0 Å². The number of amides is 1. The Hall–Kier alpha value is -3.02. The van der Waals surface area contributed by atoms with Crippen LogP contribution in [0.2, 0.25) is 0 Å². The summed E-state index contributed by atoms with van der Waals surface area (Å²) in [5.41, 5.74) is 5.28. The third kappa shape index (κ3) is 2.87. The van der Waals surface area contributed by atoms with Crippen LogP contribution in [0.1, 0.15) is 34.5 Å². The molecule has 0 spiro atoms. The van der Waals surface area contributed by atoms with Crippen LogP contribution in [0, 0.1) is 13.8 Å². The fraction of sp³-hybridized carbons (Fsp3) is 0.300. The lowest BCUT2D eigenvalue weighted by Gasteiger charge is -2.15. The van der Waals surface area contributed by atoms with Gasteiger partial charge in [0.25, 0.3) is 5.91 Å². The van der Waals surface area contributed by atoms with Crippen molar-refractivity contribution >= 4 is 5.91 Å². The summed E-state index contributed by atoms with van der Waals surface area (Å²) in [6.45, 7) is 5.71. The first-order chi connectivity index (χ1) is 12.6. The Bertz CT molecular complexity index is 942. The first-order valence-electron chi connectivity index (χ1n) is 8.88. The quantitative estimate of drug-likeness (QED) is 0.730. The second kappa shape index (κ2) is 6.71. The minimum atomic E-state index is -0.0515. The van der Waals surface area contributed by atoms with Crippen LogP contribution in [0.5, 0.6) is 0 Å². The van der Waals surface area contributed by atoms with Crippen LogP contribution < -0.4 is 0 Å². The molecule has 1 aromatic carbocycles. The number of aryl methyl sites for hydroxylation is 2. The van der Waals surface area contributed by atoms with Crippen LogP contribution in [0.15, 0.2) is 42.7 Å². The molecule has 1 aliphatic heterocycles. The van der Waals surface area contributed by atoms with Crippen LogP contribution in [0.3, 0.4) is 0 Å². The molecule has 0 N–H and O–H groups in total. The largest absolute Gasteiger partial charge is 0.337 e. The lowest BCUT2D eigenvalue weighted by atomic mass is 10.1. The van der Waals surface area contributed by atoms with Gasteiger partial charge >= 0.3 is 0 Å². The fourth-order valence-corrected chi connectivity index (χ4v) is 3.30. The predicted molar refractivity (Wildman–Crippen MR) is 99.2 cm³/mol. The molecule has 0 saturated carbocycles. The van der Waals surface area contributed by atoms with Gasteiger partial charge in [-0.15, -0.1) is 5.10 Å². The van der Waals surface area contributed by atoms with Crippen molar-refractivity contribution in [2.24, 2.45) is 0 Å². The van der Waals surface area contributed by atoms with E-state index in [0.29, 0.717) is 11.4 Å². The maximum absolute atomic E-state index is 13.0. The molecule has 1 amide bonds. The summed E-state index contributed by atoms with van der Waals surface area (Å²) in [4.78, 5) is 19.0. The zero-order chi connectivity index (χ0) is 18.1. The summed E-state index contributed by atoms with van der Waals surface area (Å²) in [7, 11) is 0. The van der Waals surface area contributed by atoms with E-state index in [-0.39, 0.29) is 5.91 Å². The fourth-order valence-electron chi connectivity index (χ4n) is 3.30. The maximum atomic E-state index is 13.0.